The lowest BCUT2D eigenvalue weighted by molar-refractivity contribution is -0.141. The molecule has 1 heterocycles. The summed E-state index contributed by atoms with van der Waals surface area (Å²) in [7, 11) is 0. The smallest absolute Gasteiger partial charge is 0.339 e. The van der Waals surface area contributed by atoms with Gasteiger partial charge in [-0.05, 0) is 24.3 Å². The standard InChI is InChI=1S/C13H6F5N3/c14-8-3-9(15)5-10(4-8)20-12-7(6-19)1-2-11(21-12)13(16,17)18/h1-5H,(H,20,21). The first-order chi connectivity index (χ1) is 9.79. The molecule has 0 saturated carbocycles. The quantitative estimate of drug-likeness (QED) is 0.853. The molecule has 0 aliphatic heterocycles. The van der Waals surface area contributed by atoms with Crippen LogP contribution in [-0.2, 0) is 6.18 Å². The van der Waals surface area contributed by atoms with Crippen LogP contribution >= 0.6 is 0 Å². The SMILES string of the molecule is N#Cc1ccc(C(F)(F)F)nc1Nc1cc(F)cc(F)c1. The third kappa shape index (κ3) is 3.45. The summed E-state index contributed by atoms with van der Waals surface area (Å²) in [6, 6.07) is 5.56. The van der Waals surface area contributed by atoms with Crippen molar-refractivity contribution in [1.82, 2.24) is 4.98 Å². The summed E-state index contributed by atoms with van der Waals surface area (Å²) < 4.78 is 63.8. The van der Waals surface area contributed by atoms with Gasteiger partial charge in [0.05, 0.1) is 5.56 Å². The highest BCUT2D eigenvalue weighted by molar-refractivity contribution is 5.63. The Labute approximate surface area is 115 Å². The number of alkyl halides is 3. The summed E-state index contributed by atoms with van der Waals surface area (Å²) in [5, 5.41) is 11.1. The van der Waals surface area contributed by atoms with Gasteiger partial charge in [-0.25, -0.2) is 13.8 Å². The van der Waals surface area contributed by atoms with Gasteiger partial charge in [-0.1, -0.05) is 0 Å². The van der Waals surface area contributed by atoms with E-state index in [1.807, 2.05) is 0 Å². The average molecular weight is 299 g/mol. The highest BCUT2D eigenvalue weighted by Crippen LogP contribution is 2.30. The lowest BCUT2D eigenvalue weighted by atomic mass is 10.2. The number of rotatable bonds is 2. The first kappa shape index (κ1) is 14.7. The Kier molecular flexibility index (Phi) is 3.76. The summed E-state index contributed by atoms with van der Waals surface area (Å²) in [6.45, 7) is 0. The predicted octanol–water partition coefficient (Wildman–Crippen LogP) is 3.99. The van der Waals surface area contributed by atoms with Crippen LogP contribution in [-0.4, -0.2) is 4.98 Å². The minimum Gasteiger partial charge on any atom is -0.339 e. The van der Waals surface area contributed by atoms with Crippen LogP contribution in [0.15, 0.2) is 30.3 Å². The molecule has 21 heavy (non-hydrogen) atoms. The van der Waals surface area contributed by atoms with Gasteiger partial charge in [-0.3, -0.25) is 0 Å². The third-order valence-electron chi connectivity index (χ3n) is 2.43. The van der Waals surface area contributed by atoms with Crippen molar-refractivity contribution in [3.05, 3.63) is 53.2 Å². The van der Waals surface area contributed by atoms with E-state index in [0.29, 0.717) is 12.1 Å². The number of hydrogen-bond donors (Lipinski definition) is 1. The monoisotopic (exact) mass is 299 g/mol. The van der Waals surface area contributed by atoms with Crippen molar-refractivity contribution in [3.63, 3.8) is 0 Å². The second kappa shape index (κ2) is 5.36. The second-order valence-corrected chi connectivity index (χ2v) is 3.99. The molecule has 0 spiro atoms. The van der Waals surface area contributed by atoms with E-state index in [1.165, 1.54) is 0 Å². The van der Waals surface area contributed by atoms with Crippen molar-refractivity contribution in [1.29, 1.82) is 5.26 Å². The van der Waals surface area contributed by atoms with Crippen LogP contribution in [0.5, 0.6) is 0 Å². The van der Waals surface area contributed by atoms with E-state index < -0.39 is 29.3 Å². The lowest BCUT2D eigenvalue weighted by Crippen LogP contribution is -2.10. The fraction of sp³-hybridized carbons (Fsp3) is 0.0769. The molecule has 0 aliphatic rings. The summed E-state index contributed by atoms with van der Waals surface area (Å²) in [6.07, 6.45) is -4.70. The van der Waals surface area contributed by atoms with Crippen LogP contribution in [0.25, 0.3) is 0 Å². The van der Waals surface area contributed by atoms with Crippen molar-refractivity contribution in [3.8, 4) is 6.07 Å². The van der Waals surface area contributed by atoms with Gasteiger partial charge in [-0.15, -0.1) is 0 Å². The van der Waals surface area contributed by atoms with Crippen LogP contribution in [0.1, 0.15) is 11.3 Å². The Hall–Kier alpha value is -2.69. The Bertz CT molecular complexity index is 698. The lowest BCUT2D eigenvalue weighted by Gasteiger charge is -2.11. The summed E-state index contributed by atoms with van der Waals surface area (Å²) in [4.78, 5) is 3.27. The number of aromatic nitrogens is 1. The number of anilines is 2. The zero-order valence-electron chi connectivity index (χ0n) is 10.2. The molecule has 1 N–H and O–H groups in total. The molecule has 0 radical (unpaired) electrons. The summed E-state index contributed by atoms with van der Waals surface area (Å²) >= 11 is 0. The molecule has 108 valence electrons. The molecule has 8 heteroatoms. The fourth-order valence-electron chi connectivity index (χ4n) is 1.57. The third-order valence-corrected chi connectivity index (χ3v) is 2.43. The summed E-state index contributed by atoms with van der Waals surface area (Å²) in [5.74, 6) is -2.26. The van der Waals surface area contributed by atoms with E-state index >= 15 is 0 Å². The van der Waals surface area contributed by atoms with Gasteiger partial charge in [0, 0.05) is 11.8 Å². The molecular weight excluding hydrogens is 293 g/mol. The maximum atomic E-state index is 13.0. The molecule has 0 saturated heterocycles. The second-order valence-electron chi connectivity index (χ2n) is 3.99. The fourth-order valence-corrected chi connectivity index (χ4v) is 1.57. The Morgan fingerprint density at radius 2 is 1.67 bits per heavy atom. The first-order valence-electron chi connectivity index (χ1n) is 5.51. The van der Waals surface area contributed by atoms with Gasteiger partial charge in [0.1, 0.15) is 29.2 Å². The van der Waals surface area contributed by atoms with Gasteiger partial charge in [0.15, 0.2) is 0 Å². The number of pyridine rings is 1. The molecule has 3 nitrogen and oxygen atoms in total. The van der Waals surface area contributed by atoms with Crippen LogP contribution in [0.2, 0.25) is 0 Å². The van der Waals surface area contributed by atoms with E-state index in [4.69, 9.17) is 5.26 Å². The minimum absolute atomic E-state index is 0.157. The van der Waals surface area contributed by atoms with Crippen LogP contribution in [0.3, 0.4) is 0 Å². The van der Waals surface area contributed by atoms with E-state index in [9.17, 15) is 22.0 Å². The maximum Gasteiger partial charge on any atom is 0.433 e. The van der Waals surface area contributed by atoms with Crippen molar-refractivity contribution in [2.45, 2.75) is 6.18 Å². The topological polar surface area (TPSA) is 48.7 Å². The molecule has 2 aromatic rings. The molecule has 1 aromatic carbocycles. The molecule has 0 atom stereocenters. The van der Waals surface area contributed by atoms with E-state index in [0.717, 1.165) is 18.2 Å². The normalized spacial score (nSPS) is 11.0. The highest BCUT2D eigenvalue weighted by Gasteiger charge is 2.33. The van der Waals surface area contributed by atoms with Gasteiger partial charge in [0.2, 0.25) is 0 Å². The number of hydrogen-bond acceptors (Lipinski definition) is 3. The number of halogens is 5. The Balaban J connectivity index is 2.45. The largest absolute Gasteiger partial charge is 0.433 e. The molecule has 2 rings (SSSR count). The van der Waals surface area contributed by atoms with E-state index in [-0.39, 0.29) is 11.3 Å². The molecular formula is C13H6F5N3. The zero-order chi connectivity index (χ0) is 15.6. The summed E-state index contributed by atoms with van der Waals surface area (Å²) in [5.41, 5.74) is -1.57. The molecule has 0 unspecified atom stereocenters. The van der Waals surface area contributed by atoms with Crippen molar-refractivity contribution < 1.29 is 22.0 Å². The first-order valence-corrected chi connectivity index (χ1v) is 5.51. The molecule has 0 amide bonds. The Morgan fingerprint density at radius 3 is 2.19 bits per heavy atom. The highest BCUT2D eigenvalue weighted by atomic mass is 19.4. The van der Waals surface area contributed by atoms with Crippen LogP contribution in [0, 0.1) is 23.0 Å². The molecule has 1 aromatic heterocycles. The van der Waals surface area contributed by atoms with E-state index in [2.05, 4.69) is 10.3 Å². The van der Waals surface area contributed by atoms with E-state index in [1.54, 1.807) is 6.07 Å². The van der Waals surface area contributed by atoms with Gasteiger partial charge in [0.25, 0.3) is 0 Å². The van der Waals surface area contributed by atoms with Gasteiger partial charge >= 0.3 is 6.18 Å². The predicted molar refractivity (Wildman–Crippen MR) is 63.6 cm³/mol. The van der Waals surface area contributed by atoms with Crippen LogP contribution < -0.4 is 5.32 Å². The molecule has 0 aliphatic carbocycles. The van der Waals surface area contributed by atoms with Gasteiger partial charge < -0.3 is 5.32 Å². The number of benzene rings is 1. The average Bonchev–Trinajstić information content (AvgIpc) is 2.36. The van der Waals surface area contributed by atoms with Crippen molar-refractivity contribution >= 4 is 11.5 Å². The van der Waals surface area contributed by atoms with Crippen LogP contribution in [0.4, 0.5) is 33.5 Å². The minimum atomic E-state index is -4.70. The zero-order valence-corrected chi connectivity index (χ0v) is 10.2. The van der Waals surface area contributed by atoms with Gasteiger partial charge in [-0.2, -0.15) is 18.4 Å². The number of nitriles is 1. The maximum absolute atomic E-state index is 13.0. The Morgan fingerprint density at radius 1 is 1.05 bits per heavy atom. The number of nitrogens with zero attached hydrogens (tertiary/aromatic N) is 2. The van der Waals surface area contributed by atoms with Crippen molar-refractivity contribution in [2.75, 3.05) is 5.32 Å². The molecule has 0 fully saturated rings. The molecule has 0 bridgehead atoms. The number of nitrogens with one attached hydrogen (secondary N) is 1. The van der Waals surface area contributed by atoms with Crippen molar-refractivity contribution in [2.24, 2.45) is 0 Å².